The van der Waals surface area contributed by atoms with Crippen LogP contribution < -0.4 is 0 Å². The van der Waals surface area contributed by atoms with Gasteiger partial charge in [0, 0.05) is 40.7 Å². The number of hydrogen-bond acceptors (Lipinski definition) is 3. The molecule has 0 saturated heterocycles. The fourth-order valence-corrected chi connectivity index (χ4v) is 5.17. The fraction of sp³-hybridized carbons (Fsp3) is 0.200. The van der Waals surface area contributed by atoms with Crippen LogP contribution in [0.3, 0.4) is 0 Å². The van der Waals surface area contributed by atoms with Crippen molar-refractivity contribution in [2.75, 3.05) is 0 Å². The van der Waals surface area contributed by atoms with Crippen LogP contribution in [-0.2, 0) is 0 Å². The predicted octanol–water partition coefficient (Wildman–Crippen LogP) is 4.79. The summed E-state index contributed by atoms with van der Waals surface area (Å²) < 4.78 is 2.95. The highest BCUT2D eigenvalue weighted by Crippen LogP contribution is 2.43. The number of hydrogen-bond donors (Lipinski definition) is 0. The Morgan fingerprint density at radius 1 is 1.00 bits per heavy atom. The van der Waals surface area contributed by atoms with Gasteiger partial charge in [0.2, 0.25) is 0 Å². The molecule has 13 heavy (non-hydrogen) atoms. The van der Waals surface area contributed by atoms with Crippen molar-refractivity contribution in [3.8, 4) is 0 Å². The minimum absolute atomic E-state index is 1.45. The average Bonchev–Trinajstić information content (AvgIpc) is 2.63. The van der Waals surface area contributed by atoms with Crippen LogP contribution in [0.25, 0.3) is 20.2 Å². The molecule has 0 amide bonds. The van der Waals surface area contributed by atoms with Crippen molar-refractivity contribution >= 4 is 54.2 Å². The molecule has 0 spiro atoms. The zero-order valence-electron chi connectivity index (χ0n) is 7.38. The van der Waals surface area contributed by atoms with Gasteiger partial charge in [-0.2, -0.15) is 11.3 Å². The van der Waals surface area contributed by atoms with Gasteiger partial charge in [0.15, 0.2) is 0 Å². The zero-order valence-corrected chi connectivity index (χ0v) is 9.83. The molecule has 3 aromatic rings. The van der Waals surface area contributed by atoms with Crippen LogP contribution in [-0.4, -0.2) is 0 Å². The van der Waals surface area contributed by atoms with Crippen LogP contribution in [0.1, 0.15) is 9.75 Å². The molecule has 0 saturated carbocycles. The first kappa shape index (κ1) is 7.97. The third kappa shape index (κ3) is 0.951. The number of rotatable bonds is 0. The maximum Gasteiger partial charge on any atom is 0.0495 e. The van der Waals surface area contributed by atoms with Crippen molar-refractivity contribution in [3.63, 3.8) is 0 Å². The van der Waals surface area contributed by atoms with Gasteiger partial charge < -0.3 is 0 Å². The molecule has 0 atom stereocenters. The van der Waals surface area contributed by atoms with Crippen LogP contribution >= 0.6 is 34.0 Å². The molecule has 0 aromatic carbocycles. The lowest BCUT2D eigenvalue weighted by Gasteiger charge is -1.81. The van der Waals surface area contributed by atoms with E-state index in [-0.39, 0.29) is 0 Å². The largest absolute Gasteiger partial charge is 0.150 e. The minimum atomic E-state index is 1.45. The lowest BCUT2D eigenvalue weighted by Crippen LogP contribution is -1.57. The van der Waals surface area contributed by atoms with Crippen LogP contribution in [0.4, 0.5) is 0 Å². The van der Waals surface area contributed by atoms with Crippen LogP contribution in [0.2, 0.25) is 0 Å². The van der Waals surface area contributed by atoms with Crippen molar-refractivity contribution in [1.29, 1.82) is 0 Å². The van der Waals surface area contributed by atoms with Gasteiger partial charge in [-0.05, 0) is 13.8 Å². The van der Waals surface area contributed by atoms with E-state index in [4.69, 9.17) is 0 Å². The Hall–Kier alpha value is -0.380. The van der Waals surface area contributed by atoms with Gasteiger partial charge >= 0.3 is 0 Å². The first-order chi connectivity index (χ1) is 6.27. The highest BCUT2D eigenvalue weighted by atomic mass is 32.1. The van der Waals surface area contributed by atoms with Gasteiger partial charge in [-0.25, -0.2) is 0 Å². The van der Waals surface area contributed by atoms with Crippen molar-refractivity contribution in [2.45, 2.75) is 13.8 Å². The Kier molecular flexibility index (Phi) is 1.57. The minimum Gasteiger partial charge on any atom is -0.150 e. The Morgan fingerprint density at radius 3 is 2.69 bits per heavy atom. The van der Waals surface area contributed by atoms with E-state index >= 15 is 0 Å². The van der Waals surface area contributed by atoms with E-state index in [1.807, 2.05) is 34.0 Å². The summed E-state index contributed by atoms with van der Waals surface area (Å²) >= 11 is 5.67. The van der Waals surface area contributed by atoms with E-state index in [9.17, 15) is 0 Å². The zero-order chi connectivity index (χ0) is 9.00. The van der Waals surface area contributed by atoms with E-state index in [1.54, 1.807) is 0 Å². The highest BCUT2D eigenvalue weighted by molar-refractivity contribution is 7.31. The summed E-state index contributed by atoms with van der Waals surface area (Å²) in [7, 11) is 0. The second-order valence-corrected chi connectivity index (χ2v) is 6.39. The Bertz CT molecular complexity index is 580. The van der Waals surface area contributed by atoms with Gasteiger partial charge in [-0.1, -0.05) is 0 Å². The molecule has 3 heteroatoms. The van der Waals surface area contributed by atoms with E-state index in [1.165, 1.54) is 29.9 Å². The number of thiophene rings is 3. The molecule has 0 bridgehead atoms. The highest BCUT2D eigenvalue weighted by Gasteiger charge is 2.12. The maximum absolute atomic E-state index is 2.27. The molecule has 0 nitrogen and oxygen atoms in total. The summed E-state index contributed by atoms with van der Waals surface area (Å²) in [6, 6.07) is 0. The Balaban J connectivity index is 2.68. The van der Waals surface area contributed by atoms with Crippen LogP contribution in [0.15, 0.2) is 10.8 Å². The standard InChI is InChI=1S/C10H8S3/c1-5-9-7-3-11-4-8(7)13-10(9)6(2)12-5/h3-4H,1-2H3. The summed E-state index contributed by atoms with van der Waals surface area (Å²) in [5.74, 6) is 0. The molecule has 3 aromatic heterocycles. The summed E-state index contributed by atoms with van der Waals surface area (Å²) in [5.41, 5.74) is 0. The molecule has 0 aliphatic carbocycles. The molecule has 0 aliphatic heterocycles. The van der Waals surface area contributed by atoms with Gasteiger partial charge in [0.05, 0.1) is 0 Å². The topological polar surface area (TPSA) is 0 Å². The van der Waals surface area contributed by atoms with Gasteiger partial charge in [-0.15, -0.1) is 22.7 Å². The Labute approximate surface area is 88.4 Å². The quantitative estimate of drug-likeness (QED) is 0.515. The van der Waals surface area contributed by atoms with Crippen molar-refractivity contribution in [3.05, 3.63) is 20.5 Å². The SMILES string of the molecule is Cc1sc(C)c2c1sc1cscc12. The normalized spacial score (nSPS) is 11.8. The molecule has 3 rings (SSSR count). The lowest BCUT2D eigenvalue weighted by atomic mass is 10.2. The van der Waals surface area contributed by atoms with E-state index in [0.717, 1.165) is 0 Å². The molecule has 3 heterocycles. The lowest BCUT2D eigenvalue weighted by molar-refractivity contribution is 1.71. The van der Waals surface area contributed by atoms with Gasteiger partial charge in [-0.3, -0.25) is 0 Å². The van der Waals surface area contributed by atoms with Gasteiger partial charge in [0.25, 0.3) is 0 Å². The second kappa shape index (κ2) is 2.56. The average molecular weight is 224 g/mol. The molecule has 66 valence electrons. The number of fused-ring (bicyclic) bond motifs is 3. The summed E-state index contributed by atoms with van der Waals surface area (Å²) in [4.78, 5) is 2.94. The molecule has 0 radical (unpaired) electrons. The molecule has 0 N–H and O–H groups in total. The first-order valence-corrected chi connectivity index (χ1v) is 6.69. The van der Waals surface area contributed by atoms with E-state index in [0.29, 0.717) is 0 Å². The van der Waals surface area contributed by atoms with Crippen molar-refractivity contribution in [2.24, 2.45) is 0 Å². The monoisotopic (exact) mass is 224 g/mol. The fourth-order valence-electron chi connectivity index (χ4n) is 1.75. The molecule has 0 unspecified atom stereocenters. The third-order valence-corrected chi connectivity index (χ3v) is 5.63. The van der Waals surface area contributed by atoms with Gasteiger partial charge in [0.1, 0.15) is 0 Å². The summed E-state index contributed by atoms with van der Waals surface area (Å²) in [6.45, 7) is 4.45. The van der Waals surface area contributed by atoms with E-state index < -0.39 is 0 Å². The van der Waals surface area contributed by atoms with E-state index in [2.05, 4.69) is 24.6 Å². The third-order valence-electron chi connectivity index (χ3n) is 2.31. The molecule has 0 aliphatic rings. The second-order valence-electron chi connectivity index (χ2n) is 3.17. The summed E-state index contributed by atoms with van der Waals surface area (Å²) in [5, 5.41) is 7.49. The van der Waals surface area contributed by atoms with Crippen LogP contribution in [0, 0.1) is 13.8 Å². The molecule has 0 fully saturated rings. The number of aryl methyl sites for hydroxylation is 2. The van der Waals surface area contributed by atoms with Crippen molar-refractivity contribution in [1.82, 2.24) is 0 Å². The molecular weight excluding hydrogens is 216 g/mol. The van der Waals surface area contributed by atoms with Crippen molar-refractivity contribution < 1.29 is 0 Å². The predicted molar refractivity (Wildman–Crippen MR) is 64.6 cm³/mol. The summed E-state index contributed by atoms with van der Waals surface area (Å²) in [6.07, 6.45) is 0. The maximum atomic E-state index is 2.27. The first-order valence-electron chi connectivity index (χ1n) is 4.12. The molecular formula is C10H8S3. The Morgan fingerprint density at radius 2 is 1.85 bits per heavy atom. The smallest absolute Gasteiger partial charge is 0.0495 e. The van der Waals surface area contributed by atoms with Crippen LogP contribution in [0.5, 0.6) is 0 Å².